The maximum absolute atomic E-state index is 12.5. The van der Waals surface area contributed by atoms with Crippen LogP contribution in [0, 0.1) is 5.41 Å². The van der Waals surface area contributed by atoms with E-state index < -0.39 is 29.4 Å². The summed E-state index contributed by atoms with van der Waals surface area (Å²) in [5.41, 5.74) is 18.5. The molecule has 0 radical (unpaired) electrons. The van der Waals surface area contributed by atoms with E-state index in [4.69, 9.17) is 27.4 Å². The molecule has 9 heteroatoms. The second-order valence-electron chi connectivity index (χ2n) is 5.74. The van der Waals surface area contributed by atoms with Gasteiger partial charge in [0.25, 0.3) is 0 Å². The van der Waals surface area contributed by atoms with Crippen molar-refractivity contribution in [2.24, 2.45) is 17.2 Å². The van der Waals surface area contributed by atoms with Gasteiger partial charge < -0.3 is 22.3 Å². The Balaban J connectivity index is 2.25. The molecule has 1 saturated heterocycles. The summed E-state index contributed by atoms with van der Waals surface area (Å²) in [6, 6.07) is 4.81. The zero-order chi connectivity index (χ0) is 17.9. The maximum Gasteiger partial charge on any atom is 0.333 e. The largest absolute Gasteiger partial charge is 0.479 e. The van der Waals surface area contributed by atoms with Crippen LogP contribution in [0.4, 0.5) is 0 Å². The molecular weight excluding hydrogens is 314 g/mol. The quantitative estimate of drug-likeness (QED) is 0.209. The first-order valence-corrected chi connectivity index (χ1v) is 7.40. The van der Waals surface area contributed by atoms with Crippen LogP contribution < -0.4 is 22.7 Å². The molecule has 1 fully saturated rings. The monoisotopic (exact) mass is 335 g/mol. The van der Waals surface area contributed by atoms with Crippen molar-refractivity contribution in [3.8, 4) is 0 Å². The van der Waals surface area contributed by atoms with Crippen LogP contribution in [0.15, 0.2) is 24.3 Å². The van der Waals surface area contributed by atoms with Gasteiger partial charge in [-0.1, -0.05) is 24.3 Å². The summed E-state index contributed by atoms with van der Waals surface area (Å²) in [6.07, 6.45) is 0.0195. The molecule has 9 nitrogen and oxygen atoms in total. The van der Waals surface area contributed by atoms with E-state index in [1.165, 1.54) is 24.3 Å². The molecule has 9 N–H and O–H groups in total. The Morgan fingerprint density at radius 1 is 1.42 bits per heavy atom. The van der Waals surface area contributed by atoms with Crippen molar-refractivity contribution in [1.82, 2.24) is 5.48 Å². The molecule has 0 aromatic heterocycles. The number of nitrogen functional groups attached to an aromatic ring is 1. The van der Waals surface area contributed by atoms with Gasteiger partial charge in [-0.25, -0.2) is 10.3 Å². The van der Waals surface area contributed by atoms with Crippen molar-refractivity contribution in [3.05, 3.63) is 35.4 Å². The molecule has 0 aliphatic carbocycles. The average molecular weight is 335 g/mol. The van der Waals surface area contributed by atoms with E-state index in [0.717, 1.165) is 0 Å². The van der Waals surface area contributed by atoms with E-state index in [2.05, 4.69) is 5.48 Å². The van der Waals surface area contributed by atoms with E-state index in [1.54, 1.807) is 0 Å². The highest BCUT2D eigenvalue weighted by molar-refractivity contribution is 6.08. The number of hydroxylamine groups is 1. The van der Waals surface area contributed by atoms with E-state index in [0.29, 0.717) is 24.1 Å². The van der Waals surface area contributed by atoms with E-state index in [-0.39, 0.29) is 12.3 Å². The van der Waals surface area contributed by atoms with Crippen LogP contribution >= 0.6 is 0 Å². The van der Waals surface area contributed by atoms with Crippen LogP contribution in [0.2, 0.25) is 0 Å². The summed E-state index contributed by atoms with van der Waals surface area (Å²) >= 11 is 0. The van der Waals surface area contributed by atoms with Crippen LogP contribution in [-0.4, -0.2) is 40.9 Å². The number of carboxylic acids is 1. The predicted octanol–water partition coefficient (Wildman–Crippen LogP) is -0.995. The SMILES string of the molecule is N=C(N)c1ccc([C@H](N)[C@@](N)(C(=O)O)C(=O)C[C@H]2CCNO2)cc1. The molecule has 0 spiro atoms. The number of hydrogen-bond acceptors (Lipinski definition) is 7. The number of hydrogen-bond donors (Lipinski definition) is 6. The molecule has 1 aromatic rings. The lowest BCUT2D eigenvalue weighted by Crippen LogP contribution is -2.62. The van der Waals surface area contributed by atoms with Crippen molar-refractivity contribution in [3.63, 3.8) is 0 Å². The highest BCUT2D eigenvalue weighted by atomic mass is 16.7. The van der Waals surface area contributed by atoms with Crippen LogP contribution in [0.5, 0.6) is 0 Å². The molecule has 0 bridgehead atoms. The summed E-state index contributed by atoms with van der Waals surface area (Å²) in [6.45, 7) is 0.584. The molecule has 1 heterocycles. The molecule has 24 heavy (non-hydrogen) atoms. The second-order valence-corrected chi connectivity index (χ2v) is 5.74. The molecule has 0 saturated carbocycles. The smallest absolute Gasteiger partial charge is 0.333 e. The van der Waals surface area contributed by atoms with Gasteiger partial charge in [-0.15, -0.1) is 0 Å². The summed E-state index contributed by atoms with van der Waals surface area (Å²) < 4.78 is 0. The lowest BCUT2D eigenvalue weighted by molar-refractivity contribution is -0.150. The Morgan fingerprint density at radius 2 is 2.04 bits per heavy atom. The number of Topliss-reactive ketones (excluding diaryl/α,β-unsaturated/α-hetero) is 1. The number of benzene rings is 1. The van der Waals surface area contributed by atoms with Crippen LogP contribution in [0.1, 0.15) is 30.0 Å². The number of rotatable bonds is 7. The second kappa shape index (κ2) is 7.05. The molecule has 2 rings (SSSR count). The maximum atomic E-state index is 12.5. The topological polar surface area (TPSA) is 178 Å². The Hall–Kier alpha value is -2.33. The zero-order valence-electron chi connectivity index (χ0n) is 13.0. The summed E-state index contributed by atoms with van der Waals surface area (Å²) in [4.78, 5) is 29.3. The third kappa shape index (κ3) is 3.44. The Kier molecular flexibility index (Phi) is 5.30. The van der Waals surface area contributed by atoms with Gasteiger partial charge in [-0.3, -0.25) is 15.0 Å². The van der Waals surface area contributed by atoms with Gasteiger partial charge in [0.2, 0.25) is 0 Å². The highest BCUT2D eigenvalue weighted by Gasteiger charge is 2.48. The summed E-state index contributed by atoms with van der Waals surface area (Å²) in [7, 11) is 0. The van der Waals surface area contributed by atoms with Crippen molar-refractivity contribution in [2.45, 2.75) is 30.5 Å². The Labute approximate surface area is 138 Å². The predicted molar refractivity (Wildman–Crippen MR) is 86.1 cm³/mol. The fraction of sp³-hybridized carbons (Fsp3) is 0.400. The fourth-order valence-electron chi connectivity index (χ4n) is 2.53. The minimum Gasteiger partial charge on any atom is -0.479 e. The van der Waals surface area contributed by atoms with Crippen molar-refractivity contribution in [2.75, 3.05) is 6.54 Å². The van der Waals surface area contributed by atoms with E-state index in [1.807, 2.05) is 0 Å². The van der Waals surface area contributed by atoms with Gasteiger partial charge in [-0.05, 0) is 12.0 Å². The number of carbonyl (C=O) groups excluding carboxylic acids is 1. The highest BCUT2D eigenvalue weighted by Crippen LogP contribution is 2.26. The number of ketones is 1. The normalized spacial score (nSPS) is 21.0. The number of nitrogens with one attached hydrogen (secondary N) is 2. The van der Waals surface area contributed by atoms with Gasteiger partial charge in [0.1, 0.15) is 5.84 Å². The molecular formula is C15H21N5O4. The zero-order valence-corrected chi connectivity index (χ0v) is 13.0. The Morgan fingerprint density at radius 3 is 2.50 bits per heavy atom. The van der Waals surface area contributed by atoms with Crippen molar-refractivity contribution < 1.29 is 19.5 Å². The van der Waals surface area contributed by atoms with Gasteiger partial charge in [0.15, 0.2) is 11.3 Å². The first-order valence-electron chi connectivity index (χ1n) is 7.40. The molecule has 0 amide bonds. The third-order valence-corrected chi connectivity index (χ3v) is 4.12. The summed E-state index contributed by atoms with van der Waals surface area (Å²) in [5.74, 6) is -2.33. The van der Waals surface area contributed by atoms with Crippen molar-refractivity contribution in [1.29, 1.82) is 5.41 Å². The van der Waals surface area contributed by atoms with E-state index >= 15 is 0 Å². The third-order valence-electron chi connectivity index (χ3n) is 4.12. The number of aliphatic carboxylic acids is 1. The van der Waals surface area contributed by atoms with Gasteiger partial charge >= 0.3 is 5.97 Å². The van der Waals surface area contributed by atoms with Gasteiger partial charge in [-0.2, -0.15) is 0 Å². The lowest BCUT2D eigenvalue weighted by Gasteiger charge is -2.30. The van der Waals surface area contributed by atoms with Crippen LogP contribution in [0.3, 0.4) is 0 Å². The molecule has 1 aliphatic heterocycles. The Bertz CT molecular complexity index is 642. The average Bonchev–Trinajstić information content (AvgIpc) is 3.06. The number of carbonyl (C=O) groups is 2. The van der Waals surface area contributed by atoms with Crippen LogP contribution in [-0.2, 0) is 14.4 Å². The summed E-state index contributed by atoms with van der Waals surface area (Å²) in [5, 5.41) is 16.9. The first-order chi connectivity index (χ1) is 11.3. The molecule has 0 unspecified atom stereocenters. The van der Waals surface area contributed by atoms with E-state index in [9.17, 15) is 14.7 Å². The minimum absolute atomic E-state index is 0.130. The minimum atomic E-state index is -2.27. The van der Waals surface area contributed by atoms with Gasteiger partial charge in [0.05, 0.1) is 12.1 Å². The van der Waals surface area contributed by atoms with Gasteiger partial charge in [0, 0.05) is 18.5 Å². The molecule has 3 atom stereocenters. The first kappa shape index (κ1) is 18.0. The molecule has 130 valence electrons. The number of carboxylic acid groups (broad SMARTS) is 1. The standard InChI is InChI=1S/C15H21N5O4/c16-12(8-1-3-9(4-2-8)13(17)18)15(19,14(22)23)11(21)7-10-5-6-20-24-10/h1-4,10,12,20H,5-7,16,19H2,(H3,17,18)(H,22,23)/t10-,12+,15-/m1/s1. The fourth-order valence-corrected chi connectivity index (χ4v) is 2.53. The number of nitrogens with two attached hydrogens (primary N) is 3. The molecule has 1 aromatic carbocycles. The van der Waals surface area contributed by atoms with Crippen LogP contribution in [0.25, 0.3) is 0 Å². The lowest BCUT2D eigenvalue weighted by atomic mass is 9.80. The molecule has 1 aliphatic rings. The number of amidine groups is 1. The van der Waals surface area contributed by atoms with Crippen molar-refractivity contribution >= 4 is 17.6 Å².